The fraction of sp³-hybridized carbons (Fsp3) is 0.368. The van der Waals surface area contributed by atoms with Gasteiger partial charge in [0.05, 0.1) is 16.9 Å². The summed E-state index contributed by atoms with van der Waals surface area (Å²) >= 11 is 2.56. The van der Waals surface area contributed by atoms with Gasteiger partial charge in [-0.3, -0.25) is 14.9 Å². The van der Waals surface area contributed by atoms with E-state index in [1.165, 1.54) is 41.3 Å². The molecule has 0 radical (unpaired) electrons. The van der Waals surface area contributed by atoms with Gasteiger partial charge in [-0.15, -0.1) is 20.4 Å². The summed E-state index contributed by atoms with van der Waals surface area (Å²) < 4.78 is 15.5. The molecule has 0 saturated heterocycles. The lowest BCUT2D eigenvalue weighted by molar-refractivity contribution is -0.115. The minimum Gasteiger partial charge on any atom is -0.342 e. The first kappa shape index (κ1) is 22.8. The molecule has 12 heteroatoms. The number of thioether (sulfide) groups is 1. The number of halogens is 1. The number of hydrogen-bond acceptors (Lipinski definition) is 8. The number of rotatable bonds is 8. The summed E-state index contributed by atoms with van der Waals surface area (Å²) in [4.78, 5) is 24.8. The van der Waals surface area contributed by atoms with Crippen LogP contribution in [-0.4, -0.2) is 42.0 Å². The first-order chi connectivity index (χ1) is 14.8. The maximum atomic E-state index is 13.8. The van der Waals surface area contributed by atoms with Gasteiger partial charge in [0, 0.05) is 7.05 Å². The van der Waals surface area contributed by atoms with Gasteiger partial charge in [-0.05, 0) is 32.4 Å². The number of nitrogens with zero attached hydrogens (tertiary/aromatic N) is 5. The average molecular weight is 464 g/mol. The van der Waals surface area contributed by atoms with Crippen LogP contribution in [0.1, 0.15) is 48.0 Å². The summed E-state index contributed by atoms with van der Waals surface area (Å²) in [5, 5.41) is 23.0. The standard InChI is InChI=1S/C19H22FN7O2S2/c1-5-14-23-25-18(31-14)22-16(28)11(3)30-19-26-24-15(27(19)4)10(2)21-17(29)12-8-6-7-9-13(12)20/h6-11H,5H2,1-4H3,(H,21,29)(H,22,25,28)/t10-,11+/m1/s1. The minimum absolute atomic E-state index is 0.0423. The van der Waals surface area contributed by atoms with Crippen molar-refractivity contribution in [3.05, 3.63) is 46.5 Å². The van der Waals surface area contributed by atoms with Crippen LogP contribution in [0.5, 0.6) is 0 Å². The van der Waals surface area contributed by atoms with Crippen LogP contribution in [0.2, 0.25) is 0 Å². The quantitative estimate of drug-likeness (QED) is 0.494. The van der Waals surface area contributed by atoms with Crippen molar-refractivity contribution in [2.75, 3.05) is 5.32 Å². The van der Waals surface area contributed by atoms with Crippen LogP contribution >= 0.6 is 23.1 Å². The monoisotopic (exact) mass is 463 g/mol. The molecule has 2 aromatic heterocycles. The van der Waals surface area contributed by atoms with E-state index in [9.17, 15) is 14.0 Å². The molecular formula is C19H22FN7O2S2. The van der Waals surface area contributed by atoms with E-state index in [-0.39, 0.29) is 11.5 Å². The van der Waals surface area contributed by atoms with Crippen LogP contribution in [-0.2, 0) is 18.3 Å². The maximum Gasteiger partial charge on any atom is 0.254 e. The molecule has 2 amide bonds. The van der Waals surface area contributed by atoms with Crippen LogP contribution in [0, 0.1) is 5.82 Å². The fourth-order valence-corrected chi connectivity index (χ4v) is 4.16. The molecule has 9 nitrogen and oxygen atoms in total. The van der Waals surface area contributed by atoms with E-state index < -0.39 is 23.0 Å². The molecule has 1 aromatic carbocycles. The van der Waals surface area contributed by atoms with Crippen molar-refractivity contribution in [2.45, 2.75) is 43.6 Å². The molecule has 0 spiro atoms. The number of carbonyl (C=O) groups is 2. The number of carbonyl (C=O) groups excluding carboxylic acids is 2. The first-order valence-electron chi connectivity index (χ1n) is 9.54. The van der Waals surface area contributed by atoms with E-state index in [2.05, 4.69) is 31.0 Å². The molecular weight excluding hydrogens is 441 g/mol. The molecule has 0 fully saturated rings. The lowest BCUT2D eigenvalue weighted by atomic mass is 10.2. The summed E-state index contributed by atoms with van der Waals surface area (Å²) in [6, 6.07) is 5.24. The smallest absolute Gasteiger partial charge is 0.254 e. The molecule has 3 rings (SSSR count). The number of hydrogen-bond donors (Lipinski definition) is 2. The molecule has 3 aromatic rings. The predicted molar refractivity (Wildman–Crippen MR) is 117 cm³/mol. The number of anilines is 1. The van der Waals surface area contributed by atoms with Crippen molar-refractivity contribution in [1.82, 2.24) is 30.3 Å². The Labute approximate surface area is 186 Å². The van der Waals surface area contributed by atoms with Crippen LogP contribution in [0.25, 0.3) is 0 Å². The second-order valence-corrected chi connectivity index (χ2v) is 9.05. The van der Waals surface area contributed by atoms with Crippen molar-refractivity contribution in [1.29, 1.82) is 0 Å². The molecule has 0 bridgehead atoms. The van der Waals surface area contributed by atoms with Gasteiger partial charge >= 0.3 is 0 Å². The van der Waals surface area contributed by atoms with Gasteiger partial charge in [-0.1, -0.05) is 42.2 Å². The normalized spacial score (nSPS) is 12.9. The van der Waals surface area contributed by atoms with Crippen molar-refractivity contribution in [3.8, 4) is 0 Å². The third kappa shape index (κ3) is 5.44. The molecule has 0 aliphatic rings. The van der Waals surface area contributed by atoms with Crippen LogP contribution < -0.4 is 10.6 Å². The molecule has 31 heavy (non-hydrogen) atoms. The molecule has 2 N–H and O–H groups in total. The summed E-state index contributed by atoms with van der Waals surface area (Å²) in [6.07, 6.45) is 0.755. The largest absolute Gasteiger partial charge is 0.342 e. The number of benzene rings is 1. The summed E-state index contributed by atoms with van der Waals surface area (Å²) in [6.45, 7) is 5.45. The Morgan fingerprint density at radius 1 is 1.19 bits per heavy atom. The average Bonchev–Trinajstić information content (AvgIpc) is 3.34. The minimum atomic E-state index is -0.595. The molecule has 0 aliphatic heterocycles. The van der Waals surface area contributed by atoms with E-state index in [4.69, 9.17) is 0 Å². The Hall–Kier alpha value is -2.86. The zero-order chi connectivity index (χ0) is 22.5. The Morgan fingerprint density at radius 3 is 2.61 bits per heavy atom. The first-order valence-corrected chi connectivity index (χ1v) is 11.2. The summed E-state index contributed by atoms with van der Waals surface area (Å²) in [5.41, 5.74) is -0.0423. The second kappa shape index (κ2) is 9.96. The number of amides is 2. The topological polar surface area (TPSA) is 115 Å². The van der Waals surface area contributed by atoms with Gasteiger partial charge in [0.25, 0.3) is 5.91 Å². The van der Waals surface area contributed by atoms with Crippen LogP contribution in [0.3, 0.4) is 0 Å². The molecule has 2 heterocycles. The molecule has 2 atom stereocenters. The summed E-state index contributed by atoms with van der Waals surface area (Å²) in [7, 11) is 1.74. The fourth-order valence-electron chi connectivity index (χ4n) is 2.66. The Morgan fingerprint density at radius 2 is 1.94 bits per heavy atom. The zero-order valence-electron chi connectivity index (χ0n) is 17.4. The van der Waals surface area contributed by atoms with E-state index in [0.29, 0.717) is 16.1 Å². The highest BCUT2D eigenvalue weighted by Crippen LogP contribution is 2.25. The lowest BCUT2D eigenvalue weighted by Gasteiger charge is -2.14. The van der Waals surface area contributed by atoms with E-state index in [1.807, 2.05) is 6.92 Å². The van der Waals surface area contributed by atoms with Gasteiger partial charge in [-0.25, -0.2) is 4.39 Å². The Balaban J connectivity index is 1.62. The van der Waals surface area contributed by atoms with Gasteiger partial charge in [-0.2, -0.15) is 0 Å². The van der Waals surface area contributed by atoms with E-state index >= 15 is 0 Å². The van der Waals surface area contributed by atoms with Gasteiger partial charge in [0.2, 0.25) is 11.0 Å². The van der Waals surface area contributed by atoms with Gasteiger partial charge in [0.1, 0.15) is 10.8 Å². The Bertz CT molecular complexity index is 1080. The predicted octanol–water partition coefficient (Wildman–Crippen LogP) is 2.98. The number of aryl methyl sites for hydroxylation is 1. The Kier molecular flexibility index (Phi) is 7.33. The molecule has 0 aliphatic carbocycles. The third-order valence-electron chi connectivity index (χ3n) is 4.37. The van der Waals surface area contributed by atoms with E-state index in [1.54, 1.807) is 31.5 Å². The van der Waals surface area contributed by atoms with Crippen LogP contribution in [0.4, 0.5) is 9.52 Å². The third-order valence-corrected chi connectivity index (χ3v) is 6.49. The molecule has 164 valence electrons. The van der Waals surface area contributed by atoms with E-state index in [0.717, 1.165) is 11.4 Å². The highest BCUT2D eigenvalue weighted by atomic mass is 32.2. The van der Waals surface area contributed by atoms with Gasteiger partial charge < -0.3 is 9.88 Å². The lowest BCUT2D eigenvalue weighted by Crippen LogP contribution is -2.29. The van der Waals surface area contributed by atoms with Crippen molar-refractivity contribution in [3.63, 3.8) is 0 Å². The number of aromatic nitrogens is 5. The maximum absolute atomic E-state index is 13.8. The molecule has 0 unspecified atom stereocenters. The second-order valence-electron chi connectivity index (χ2n) is 6.68. The van der Waals surface area contributed by atoms with Crippen LogP contribution in [0.15, 0.2) is 29.4 Å². The van der Waals surface area contributed by atoms with Crippen molar-refractivity contribution >= 4 is 40.0 Å². The SMILES string of the molecule is CCc1nnc(NC(=O)[C@H](C)Sc2nnc([C@@H](C)NC(=O)c3ccccc3F)n2C)s1. The van der Waals surface area contributed by atoms with Crippen molar-refractivity contribution in [2.24, 2.45) is 7.05 Å². The number of nitrogens with one attached hydrogen (secondary N) is 2. The highest BCUT2D eigenvalue weighted by molar-refractivity contribution is 8.00. The van der Waals surface area contributed by atoms with Crippen molar-refractivity contribution < 1.29 is 14.0 Å². The zero-order valence-corrected chi connectivity index (χ0v) is 19.1. The summed E-state index contributed by atoms with van der Waals surface area (Å²) in [5.74, 6) is -0.882. The molecule has 0 saturated carbocycles. The highest BCUT2D eigenvalue weighted by Gasteiger charge is 2.23. The van der Waals surface area contributed by atoms with Gasteiger partial charge in [0.15, 0.2) is 11.0 Å².